The molecule has 10 heteroatoms. The summed E-state index contributed by atoms with van der Waals surface area (Å²) in [4.78, 5) is 18.6. The topological polar surface area (TPSA) is 87.2 Å². The third-order valence-corrected chi connectivity index (χ3v) is 6.12. The predicted molar refractivity (Wildman–Crippen MR) is 131 cm³/mol. The van der Waals surface area contributed by atoms with Gasteiger partial charge < -0.3 is 25.4 Å². The van der Waals surface area contributed by atoms with E-state index in [1.165, 1.54) is 12.2 Å². The van der Waals surface area contributed by atoms with Crippen molar-refractivity contribution >= 4 is 47.8 Å². The SMILES string of the molecule is CN=C(NCCCNC(=O)OC(C)(C)C)NCC1(N2CCOCC2)CCSC1.I. The molecule has 2 aliphatic heterocycles. The molecule has 8 nitrogen and oxygen atoms in total. The number of nitrogens with one attached hydrogen (secondary N) is 3. The van der Waals surface area contributed by atoms with Crippen molar-refractivity contribution in [1.29, 1.82) is 0 Å². The van der Waals surface area contributed by atoms with Crippen LogP contribution in [0.5, 0.6) is 0 Å². The fourth-order valence-corrected chi connectivity index (χ4v) is 4.88. The van der Waals surface area contributed by atoms with E-state index in [1.807, 2.05) is 32.5 Å². The molecule has 0 aromatic heterocycles. The molecule has 0 aromatic carbocycles. The second kappa shape index (κ2) is 13.1. The lowest BCUT2D eigenvalue weighted by atomic mass is 9.95. The number of carbonyl (C=O) groups excluding carboxylic acids is 1. The fraction of sp³-hybridized carbons (Fsp3) is 0.895. The Bertz CT molecular complexity index is 518. The van der Waals surface area contributed by atoms with Crippen molar-refractivity contribution in [3.63, 3.8) is 0 Å². The van der Waals surface area contributed by atoms with Crippen LogP contribution in [0.2, 0.25) is 0 Å². The first-order chi connectivity index (χ1) is 13.3. The van der Waals surface area contributed by atoms with Gasteiger partial charge in [0.2, 0.25) is 0 Å². The molecular weight excluding hydrogens is 505 g/mol. The maximum atomic E-state index is 11.6. The summed E-state index contributed by atoms with van der Waals surface area (Å²) in [6.45, 7) is 11.4. The van der Waals surface area contributed by atoms with E-state index in [0.29, 0.717) is 6.54 Å². The van der Waals surface area contributed by atoms with Crippen LogP contribution in [0.1, 0.15) is 33.6 Å². The molecule has 0 aliphatic carbocycles. The zero-order valence-corrected chi connectivity index (χ0v) is 21.4. The van der Waals surface area contributed by atoms with Gasteiger partial charge in [0, 0.05) is 51.1 Å². The molecule has 0 saturated carbocycles. The van der Waals surface area contributed by atoms with Gasteiger partial charge in [0.1, 0.15) is 5.60 Å². The number of hydrogen-bond donors (Lipinski definition) is 3. The Morgan fingerprint density at radius 1 is 1.21 bits per heavy atom. The number of halogens is 1. The van der Waals surface area contributed by atoms with Crippen LogP contribution < -0.4 is 16.0 Å². The van der Waals surface area contributed by atoms with Gasteiger partial charge in [0.25, 0.3) is 0 Å². The van der Waals surface area contributed by atoms with Crippen LogP contribution in [0.25, 0.3) is 0 Å². The molecule has 0 aromatic rings. The van der Waals surface area contributed by atoms with Crippen LogP contribution >= 0.6 is 35.7 Å². The van der Waals surface area contributed by atoms with E-state index < -0.39 is 5.60 Å². The quantitative estimate of drug-likeness (QED) is 0.196. The molecule has 0 radical (unpaired) electrons. The number of carbonyl (C=O) groups is 1. The van der Waals surface area contributed by atoms with Gasteiger partial charge in [-0.15, -0.1) is 24.0 Å². The average Bonchev–Trinajstić information content (AvgIpc) is 3.13. The Kier molecular flexibility index (Phi) is 12.0. The summed E-state index contributed by atoms with van der Waals surface area (Å²) >= 11 is 2.03. The van der Waals surface area contributed by atoms with E-state index in [1.54, 1.807) is 7.05 Å². The molecule has 1 amide bonds. The maximum Gasteiger partial charge on any atom is 0.407 e. The van der Waals surface area contributed by atoms with Crippen molar-refractivity contribution in [2.75, 3.05) is 64.5 Å². The first-order valence-corrected chi connectivity index (χ1v) is 11.3. The number of morpholine rings is 1. The van der Waals surface area contributed by atoms with E-state index in [0.717, 1.165) is 57.5 Å². The first kappa shape index (κ1) is 26.6. The van der Waals surface area contributed by atoms with Gasteiger partial charge in [-0.2, -0.15) is 11.8 Å². The Morgan fingerprint density at radius 2 is 1.90 bits per heavy atom. The summed E-state index contributed by atoms with van der Waals surface area (Å²) in [5.41, 5.74) is -0.284. The summed E-state index contributed by atoms with van der Waals surface area (Å²) in [6.07, 6.45) is 1.62. The summed E-state index contributed by atoms with van der Waals surface area (Å²) < 4.78 is 10.8. The minimum Gasteiger partial charge on any atom is -0.444 e. The Morgan fingerprint density at radius 3 is 2.48 bits per heavy atom. The smallest absolute Gasteiger partial charge is 0.407 e. The third kappa shape index (κ3) is 9.48. The summed E-state index contributed by atoms with van der Waals surface area (Å²) in [5.74, 6) is 3.17. The molecule has 0 spiro atoms. The van der Waals surface area contributed by atoms with Gasteiger partial charge >= 0.3 is 6.09 Å². The molecule has 2 fully saturated rings. The number of nitrogens with zero attached hydrogens (tertiary/aromatic N) is 2. The number of alkyl carbamates (subject to hydrolysis) is 1. The van der Waals surface area contributed by atoms with Crippen LogP contribution in [0.3, 0.4) is 0 Å². The van der Waals surface area contributed by atoms with Crippen LogP contribution in [-0.2, 0) is 9.47 Å². The number of aliphatic imine (C=N–C) groups is 1. The molecule has 1 unspecified atom stereocenters. The molecular formula is C19H38IN5O3S. The van der Waals surface area contributed by atoms with Gasteiger partial charge in [-0.3, -0.25) is 9.89 Å². The molecule has 2 rings (SSSR count). The highest BCUT2D eigenvalue weighted by atomic mass is 127. The lowest BCUT2D eigenvalue weighted by Gasteiger charge is -2.43. The van der Waals surface area contributed by atoms with Gasteiger partial charge in [-0.05, 0) is 39.4 Å². The largest absolute Gasteiger partial charge is 0.444 e. The van der Waals surface area contributed by atoms with Gasteiger partial charge in [0.05, 0.1) is 13.2 Å². The zero-order valence-electron chi connectivity index (χ0n) is 18.2. The molecule has 2 heterocycles. The van der Waals surface area contributed by atoms with Crippen molar-refractivity contribution < 1.29 is 14.3 Å². The van der Waals surface area contributed by atoms with E-state index in [4.69, 9.17) is 9.47 Å². The lowest BCUT2D eigenvalue weighted by Crippen LogP contribution is -2.60. The summed E-state index contributed by atoms with van der Waals surface area (Å²) in [6, 6.07) is 0. The van der Waals surface area contributed by atoms with Crippen molar-refractivity contribution in [3.8, 4) is 0 Å². The maximum absolute atomic E-state index is 11.6. The number of guanidine groups is 1. The fourth-order valence-electron chi connectivity index (χ4n) is 3.40. The van der Waals surface area contributed by atoms with Gasteiger partial charge in [0.15, 0.2) is 5.96 Å². The van der Waals surface area contributed by atoms with E-state index in [9.17, 15) is 4.79 Å². The van der Waals surface area contributed by atoms with Crippen LogP contribution in [0, 0.1) is 0 Å². The monoisotopic (exact) mass is 543 g/mol. The Hall–Kier alpha value is -0.460. The number of ether oxygens (including phenoxy) is 2. The van der Waals surface area contributed by atoms with Crippen LogP contribution in [-0.4, -0.2) is 92.6 Å². The molecule has 2 saturated heterocycles. The molecule has 2 aliphatic rings. The highest BCUT2D eigenvalue weighted by Gasteiger charge is 2.40. The average molecular weight is 544 g/mol. The van der Waals surface area contributed by atoms with Crippen LogP contribution in [0.4, 0.5) is 4.79 Å². The van der Waals surface area contributed by atoms with E-state index in [2.05, 4.69) is 25.8 Å². The summed E-state index contributed by atoms with van der Waals surface area (Å²) in [5, 5.41) is 9.62. The minimum atomic E-state index is -0.469. The van der Waals surface area contributed by atoms with Gasteiger partial charge in [-0.1, -0.05) is 0 Å². The molecule has 170 valence electrons. The van der Waals surface area contributed by atoms with Crippen molar-refractivity contribution in [2.24, 2.45) is 4.99 Å². The number of rotatable bonds is 7. The number of hydrogen-bond acceptors (Lipinski definition) is 6. The molecule has 29 heavy (non-hydrogen) atoms. The van der Waals surface area contributed by atoms with Crippen molar-refractivity contribution in [2.45, 2.75) is 44.8 Å². The van der Waals surface area contributed by atoms with Crippen molar-refractivity contribution in [1.82, 2.24) is 20.9 Å². The normalized spacial score (nSPS) is 23.2. The minimum absolute atomic E-state index is 0. The molecule has 0 bridgehead atoms. The Balaban J connectivity index is 0.00000420. The number of amides is 1. The van der Waals surface area contributed by atoms with E-state index in [-0.39, 0.29) is 35.6 Å². The molecule has 1 atom stereocenters. The highest BCUT2D eigenvalue weighted by molar-refractivity contribution is 14.0. The first-order valence-electron chi connectivity index (χ1n) is 10.2. The standard InChI is InChI=1S/C19H37N5O3S.HI/c1-18(2,3)27-17(25)22-8-5-7-21-16(20-4)23-14-19(6-13-28-15-19)24-9-11-26-12-10-24;/h5-15H2,1-4H3,(H,22,25)(H2,20,21,23);1H. The lowest BCUT2D eigenvalue weighted by molar-refractivity contribution is -0.0120. The highest BCUT2D eigenvalue weighted by Crippen LogP contribution is 2.33. The van der Waals surface area contributed by atoms with E-state index >= 15 is 0 Å². The van der Waals surface area contributed by atoms with Crippen LogP contribution in [0.15, 0.2) is 4.99 Å². The third-order valence-electron chi connectivity index (χ3n) is 4.89. The van der Waals surface area contributed by atoms with Crippen molar-refractivity contribution in [3.05, 3.63) is 0 Å². The second-order valence-electron chi connectivity index (χ2n) is 8.26. The zero-order chi connectivity index (χ0) is 20.5. The van der Waals surface area contributed by atoms with Gasteiger partial charge in [-0.25, -0.2) is 4.79 Å². The molecule has 3 N–H and O–H groups in total. The Labute approximate surface area is 196 Å². The number of thioether (sulfide) groups is 1. The summed E-state index contributed by atoms with van der Waals surface area (Å²) in [7, 11) is 1.79. The predicted octanol–water partition coefficient (Wildman–Crippen LogP) is 1.89. The second-order valence-corrected chi connectivity index (χ2v) is 9.37.